The van der Waals surface area contributed by atoms with Crippen molar-refractivity contribution in [2.24, 2.45) is 0 Å². The standard InChI is InChI=1S/C54H95N2O6P/c1-6-8-10-12-14-15-16-17-18-19-20-21-22-23-24-25-26-27-28-29-30-31-32-33-34-35-36-37-38-39-40-41-42-44-46-48-54(58)55-52(53(57)47-45-43-13-11-9-7-2)51-62-63(59,60)61-50-49-56(3,4)5/h8,10,14-15,17-18,20-21,23-24,26-27,29-30,32-33,52-53,57H,6-7,9,11-13,16,19,22,25,28,31,34-51H2,1-5H3,(H-,55,58,59,60)/p+1/b10-8-,15-14-,18-17-,21-20-,24-23-,27-26-,30-29-,33-32-. The minimum absolute atomic E-state index is 0.0687. The molecule has 0 fully saturated rings. The van der Waals surface area contributed by atoms with E-state index in [2.05, 4.69) is 116 Å². The first-order chi connectivity index (χ1) is 30.5. The first-order valence-corrected chi connectivity index (χ1v) is 26.6. The van der Waals surface area contributed by atoms with Crippen LogP contribution in [0.15, 0.2) is 97.2 Å². The number of hydrogen-bond acceptors (Lipinski definition) is 5. The molecule has 0 aliphatic carbocycles. The molecule has 0 heterocycles. The number of quaternary nitrogens is 1. The summed E-state index contributed by atoms with van der Waals surface area (Å²) >= 11 is 0. The van der Waals surface area contributed by atoms with Crippen molar-refractivity contribution in [3.05, 3.63) is 97.2 Å². The number of hydrogen-bond donors (Lipinski definition) is 3. The van der Waals surface area contributed by atoms with Gasteiger partial charge in [-0.25, -0.2) is 4.57 Å². The van der Waals surface area contributed by atoms with Crippen molar-refractivity contribution in [2.45, 2.75) is 199 Å². The largest absolute Gasteiger partial charge is 0.472 e. The van der Waals surface area contributed by atoms with Crippen molar-refractivity contribution in [2.75, 3.05) is 40.9 Å². The zero-order valence-electron chi connectivity index (χ0n) is 41.0. The van der Waals surface area contributed by atoms with Gasteiger partial charge in [0.05, 0.1) is 39.9 Å². The molecule has 9 heteroatoms. The summed E-state index contributed by atoms with van der Waals surface area (Å²) in [5.74, 6) is -0.160. The highest BCUT2D eigenvalue weighted by atomic mass is 31.2. The zero-order chi connectivity index (χ0) is 46.4. The number of unbranched alkanes of at least 4 members (excludes halogenated alkanes) is 15. The molecular formula is C54H96N2O6P+. The molecule has 0 aromatic carbocycles. The Balaban J connectivity index is 3.98. The molecule has 0 aliphatic heterocycles. The van der Waals surface area contributed by atoms with Crippen molar-refractivity contribution in [3.63, 3.8) is 0 Å². The van der Waals surface area contributed by atoms with Crippen LogP contribution in [0.2, 0.25) is 0 Å². The highest BCUT2D eigenvalue weighted by Gasteiger charge is 2.28. The van der Waals surface area contributed by atoms with E-state index in [0.29, 0.717) is 23.9 Å². The number of carbonyl (C=O) groups excluding carboxylic acids is 1. The molecule has 0 radical (unpaired) electrons. The van der Waals surface area contributed by atoms with Gasteiger partial charge in [0.1, 0.15) is 13.2 Å². The lowest BCUT2D eigenvalue weighted by atomic mass is 10.0. The molecule has 3 N–H and O–H groups in total. The number of aliphatic hydroxyl groups is 1. The van der Waals surface area contributed by atoms with Crippen LogP contribution < -0.4 is 5.32 Å². The SMILES string of the molecule is CC/C=C\C/C=C\C/C=C\C/C=C\C/C=C\C/C=C\C/C=C\C/C=C\CCCCCCCCCCCCC(=O)NC(COP(=O)(O)OCC[N+](C)(C)C)C(O)CCCCCCCC. The molecular weight excluding hydrogens is 804 g/mol. The highest BCUT2D eigenvalue weighted by Crippen LogP contribution is 2.43. The number of likely N-dealkylation sites (N-methyl/N-ethyl adjacent to an activating group) is 1. The summed E-state index contributed by atoms with van der Waals surface area (Å²) in [7, 11) is 1.59. The minimum atomic E-state index is -4.31. The van der Waals surface area contributed by atoms with E-state index in [-0.39, 0.29) is 19.1 Å². The molecule has 1 amide bonds. The van der Waals surface area contributed by atoms with E-state index in [4.69, 9.17) is 9.05 Å². The third-order valence-corrected chi connectivity index (χ3v) is 11.6. The Hall–Kier alpha value is -2.58. The Morgan fingerprint density at radius 2 is 0.952 bits per heavy atom. The van der Waals surface area contributed by atoms with Crippen molar-refractivity contribution in [3.8, 4) is 0 Å². The average molecular weight is 900 g/mol. The molecule has 0 bridgehead atoms. The molecule has 0 saturated heterocycles. The number of phosphoric ester groups is 1. The summed E-state index contributed by atoms with van der Waals surface area (Å²) in [5, 5.41) is 13.8. The maximum atomic E-state index is 12.8. The molecule has 0 rings (SSSR count). The lowest BCUT2D eigenvalue weighted by molar-refractivity contribution is -0.870. The van der Waals surface area contributed by atoms with Gasteiger partial charge in [0.15, 0.2) is 0 Å². The minimum Gasteiger partial charge on any atom is -0.391 e. The second-order valence-electron chi connectivity index (χ2n) is 17.8. The zero-order valence-corrected chi connectivity index (χ0v) is 41.9. The van der Waals surface area contributed by atoms with Crippen LogP contribution in [0.1, 0.15) is 187 Å². The second-order valence-corrected chi connectivity index (χ2v) is 19.3. The Morgan fingerprint density at radius 1 is 0.556 bits per heavy atom. The van der Waals surface area contributed by atoms with Gasteiger partial charge in [0, 0.05) is 6.42 Å². The molecule has 0 aromatic heterocycles. The molecule has 0 spiro atoms. The van der Waals surface area contributed by atoms with Gasteiger partial charge < -0.3 is 19.8 Å². The number of aliphatic hydroxyl groups excluding tert-OH is 1. The van der Waals surface area contributed by atoms with E-state index in [1.807, 2.05) is 21.1 Å². The van der Waals surface area contributed by atoms with Gasteiger partial charge >= 0.3 is 7.82 Å². The van der Waals surface area contributed by atoms with E-state index < -0.39 is 20.0 Å². The lowest BCUT2D eigenvalue weighted by Gasteiger charge is -2.26. The highest BCUT2D eigenvalue weighted by molar-refractivity contribution is 7.47. The Labute approximate surface area is 388 Å². The molecule has 0 aromatic rings. The first-order valence-electron chi connectivity index (χ1n) is 25.1. The number of allylic oxidation sites excluding steroid dienone is 16. The van der Waals surface area contributed by atoms with Gasteiger partial charge in [0.25, 0.3) is 0 Å². The molecule has 362 valence electrons. The fourth-order valence-corrected chi connectivity index (χ4v) is 7.38. The van der Waals surface area contributed by atoms with E-state index in [1.165, 1.54) is 64.2 Å². The molecule has 0 aliphatic rings. The Bertz CT molecular complexity index is 1340. The fraction of sp³-hybridized carbons (Fsp3) is 0.685. The summed E-state index contributed by atoms with van der Waals surface area (Å²) < 4.78 is 23.5. The van der Waals surface area contributed by atoms with Crippen LogP contribution in [0, 0.1) is 0 Å². The quantitative estimate of drug-likeness (QED) is 0.0243. The van der Waals surface area contributed by atoms with E-state index >= 15 is 0 Å². The maximum absolute atomic E-state index is 12.8. The van der Waals surface area contributed by atoms with Gasteiger partial charge in [-0.05, 0) is 77.0 Å². The number of phosphoric acid groups is 1. The van der Waals surface area contributed by atoms with Crippen LogP contribution in [-0.4, -0.2) is 73.4 Å². The normalized spacial score (nSPS) is 15.0. The molecule has 8 nitrogen and oxygen atoms in total. The summed E-state index contributed by atoms with van der Waals surface area (Å²) in [6, 6.07) is -0.765. The van der Waals surface area contributed by atoms with Crippen LogP contribution in [-0.2, 0) is 18.4 Å². The van der Waals surface area contributed by atoms with E-state index in [9.17, 15) is 19.4 Å². The average Bonchev–Trinajstić information content (AvgIpc) is 3.24. The second kappa shape index (κ2) is 44.6. The number of nitrogens with one attached hydrogen (secondary N) is 1. The predicted molar refractivity (Wildman–Crippen MR) is 272 cm³/mol. The van der Waals surface area contributed by atoms with Crippen LogP contribution >= 0.6 is 7.82 Å². The fourth-order valence-electron chi connectivity index (χ4n) is 6.65. The van der Waals surface area contributed by atoms with Crippen LogP contribution in [0.4, 0.5) is 0 Å². The van der Waals surface area contributed by atoms with Crippen molar-refractivity contribution in [1.29, 1.82) is 0 Å². The number of carbonyl (C=O) groups is 1. The van der Waals surface area contributed by atoms with E-state index in [1.54, 1.807) is 0 Å². The maximum Gasteiger partial charge on any atom is 0.472 e. The third-order valence-electron chi connectivity index (χ3n) is 10.6. The van der Waals surface area contributed by atoms with Crippen molar-refractivity contribution >= 4 is 13.7 Å². The number of rotatable bonds is 44. The Kier molecular flexibility index (Phi) is 42.8. The lowest BCUT2D eigenvalue weighted by Crippen LogP contribution is -2.46. The molecule has 3 atom stereocenters. The summed E-state index contributed by atoms with van der Waals surface area (Å²) in [6.45, 7) is 4.68. The van der Waals surface area contributed by atoms with Crippen LogP contribution in [0.3, 0.4) is 0 Å². The number of nitrogens with zero attached hydrogens (tertiary/aromatic N) is 1. The van der Waals surface area contributed by atoms with Gasteiger partial charge in [-0.2, -0.15) is 0 Å². The van der Waals surface area contributed by atoms with Crippen molar-refractivity contribution < 1.29 is 32.9 Å². The van der Waals surface area contributed by atoms with Crippen LogP contribution in [0.5, 0.6) is 0 Å². The smallest absolute Gasteiger partial charge is 0.391 e. The monoisotopic (exact) mass is 900 g/mol. The predicted octanol–water partition coefficient (Wildman–Crippen LogP) is 14.7. The van der Waals surface area contributed by atoms with Gasteiger partial charge in [0.2, 0.25) is 5.91 Å². The van der Waals surface area contributed by atoms with Crippen molar-refractivity contribution in [1.82, 2.24) is 5.32 Å². The molecule has 63 heavy (non-hydrogen) atoms. The first kappa shape index (κ1) is 60.4. The van der Waals surface area contributed by atoms with Crippen LogP contribution in [0.25, 0.3) is 0 Å². The van der Waals surface area contributed by atoms with Gasteiger partial charge in [-0.3, -0.25) is 13.8 Å². The molecule has 0 saturated carbocycles. The number of amides is 1. The molecule has 3 unspecified atom stereocenters. The van der Waals surface area contributed by atoms with Gasteiger partial charge in [-0.1, -0.05) is 201 Å². The topological polar surface area (TPSA) is 105 Å². The van der Waals surface area contributed by atoms with E-state index in [0.717, 1.165) is 96.3 Å². The summed E-state index contributed by atoms with van der Waals surface area (Å²) in [6.07, 6.45) is 63.5. The summed E-state index contributed by atoms with van der Waals surface area (Å²) in [4.78, 5) is 23.0. The Morgan fingerprint density at radius 3 is 1.40 bits per heavy atom. The summed E-state index contributed by atoms with van der Waals surface area (Å²) in [5.41, 5.74) is 0. The third kappa shape index (κ3) is 47.2. The van der Waals surface area contributed by atoms with Gasteiger partial charge in [-0.15, -0.1) is 0 Å².